The predicted octanol–water partition coefficient (Wildman–Crippen LogP) is 6.10. The first-order chi connectivity index (χ1) is 12.0. The number of hydrogen-bond donors (Lipinski definition) is 2. The van der Waals surface area contributed by atoms with E-state index in [1.54, 1.807) is 12.1 Å². The molecule has 2 rings (SSSR count). The Morgan fingerprint density at radius 2 is 1.42 bits per heavy atom. The highest BCUT2D eigenvalue weighted by molar-refractivity contribution is 7.80. The van der Waals surface area contributed by atoms with Crippen molar-refractivity contribution in [3.63, 3.8) is 0 Å². The van der Waals surface area contributed by atoms with Crippen molar-refractivity contribution in [3.05, 3.63) is 59.2 Å². The van der Waals surface area contributed by atoms with Crippen LogP contribution in [0.25, 0.3) is 0 Å². The third kappa shape index (κ3) is 5.10. The van der Waals surface area contributed by atoms with Gasteiger partial charge in [0.25, 0.3) is 0 Å². The third-order valence-corrected chi connectivity index (χ3v) is 3.70. The number of aryl methyl sites for hydroxylation is 1. The van der Waals surface area contributed by atoms with Gasteiger partial charge >= 0.3 is 12.4 Å². The van der Waals surface area contributed by atoms with Crippen molar-refractivity contribution in [2.45, 2.75) is 25.7 Å². The van der Waals surface area contributed by atoms with E-state index >= 15 is 0 Å². The van der Waals surface area contributed by atoms with Crippen LogP contribution < -0.4 is 10.6 Å². The lowest BCUT2D eigenvalue weighted by Crippen LogP contribution is -2.21. The molecular formula is C17H14F6N2S. The molecule has 0 amide bonds. The molecule has 0 aliphatic rings. The van der Waals surface area contributed by atoms with Gasteiger partial charge in [-0.05, 0) is 48.5 Å². The van der Waals surface area contributed by atoms with E-state index in [1.165, 1.54) is 0 Å². The standard InChI is InChI=1S/C17H14F6N2S/c1-2-10-5-3-4-6-14(10)25-15(26)24-13-8-11(16(18,19)20)7-12(9-13)17(21,22)23/h3-9H,2H2,1H3,(H2,24,25,26). The molecule has 0 aliphatic heterocycles. The summed E-state index contributed by atoms with van der Waals surface area (Å²) in [6.45, 7) is 1.90. The second-order valence-corrected chi connectivity index (χ2v) is 5.79. The van der Waals surface area contributed by atoms with Crippen LogP contribution in [-0.4, -0.2) is 5.11 Å². The van der Waals surface area contributed by atoms with Crippen molar-refractivity contribution >= 4 is 28.7 Å². The van der Waals surface area contributed by atoms with Crippen LogP contribution >= 0.6 is 12.2 Å². The Hall–Kier alpha value is -2.29. The summed E-state index contributed by atoms with van der Waals surface area (Å²) in [5.74, 6) is 0. The minimum absolute atomic E-state index is 0.0635. The SMILES string of the molecule is CCc1ccccc1NC(=S)Nc1cc(C(F)(F)F)cc(C(F)(F)F)c1. The Morgan fingerprint density at radius 1 is 0.885 bits per heavy atom. The number of rotatable bonds is 3. The Kier molecular flexibility index (Phi) is 5.80. The highest BCUT2D eigenvalue weighted by Crippen LogP contribution is 2.37. The topological polar surface area (TPSA) is 24.1 Å². The number of nitrogens with one attached hydrogen (secondary N) is 2. The van der Waals surface area contributed by atoms with E-state index in [2.05, 4.69) is 10.6 Å². The molecule has 2 N–H and O–H groups in total. The first-order valence-electron chi connectivity index (χ1n) is 7.46. The van der Waals surface area contributed by atoms with E-state index in [0.717, 1.165) is 5.56 Å². The third-order valence-electron chi connectivity index (χ3n) is 3.49. The molecule has 2 nitrogen and oxygen atoms in total. The molecule has 0 heterocycles. The van der Waals surface area contributed by atoms with Crippen LogP contribution in [0.5, 0.6) is 0 Å². The molecule has 0 bridgehead atoms. The quantitative estimate of drug-likeness (QED) is 0.488. The molecule has 0 radical (unpaired) electrons. The number of halogens is 6. The zero-order valence-electron chi connectivity index (χ0n) is 13.4. The summed E-state index contributed by atoms with van der Waals surface area (Å²) in [6.07, 6.45) is -9.16. The van der Waals surface area contributed by atoms with Gasteiger partial charge < -0.3 is 10.6 Å². The van der Waals surface area contributed by atoms with E-state index < -0.39 is 29.2 Å². The molecule has 0 aromatic heterocycles. The molecule has 140 valence electrons. The first-order valence-corrected chi connectivity index (χ1v) is 7.87. The van der Waals surface area contributed by atoms with Gasteiger partial charge in [-0.25, -0.2) is 0 Å². The fourth-order valence-electron chi connectivity index (χ4n) is 2.26. The smallest absolute Gasteiger partial charge is 0.332 e. The maximum atomic E-state index is 12.9. The number of alkyl halides is 6. The van der Waals surface area contributed by atoms with Crippen molar-refractivity contribution in [1.29, 1.82) is 0 Å². The van der Waals surface area contributed by atoms with Crippen LogP contribution in [0.2, 0.25) is 0 Å². The minimum atomic E-state index is -4.92. The van der Waals surface area contributed by atoms with Crippen molar-refractivity contribution < 1.29 is 26.3 Å². The molecule has 26 heavy (non-hydrogen) atoms. The van der Waals surface area contributed by atoms with Crippen LogP contribution in [0.4, 0.5) is 37.7 Å². The van der Waals surface area contributed by atoms with Gasteiger partial charge in [-0.2, -0.15) is 26.3 Å². The summed E-state index contributed by atoms with van der Waals surface area (Å²) < 4.78 is 77.3. The van der Waals surface area contributed by atoms with Crippen LogP contribution in [0.3, 0.4) is 0 Å². The van der Waals surface area contributed by atoms with Crippen LogP contribution in [-0.2, 0) is 18.8 Å². The highest BCUT2D eigenvalue weighted by atomic mass is 32.1. The van der Waals surface area contributed by atoms with Crippen LogP contribution in [0.1, 0.15) is 23.6 Å². The van der Waals surface area contributed by atoms with E-state index in [-0.39, 0.29) is 11.2 Å². The Labute approximate surface area is 151 Å². The van der Waals surface area contributed by atoms with Crippen LogP contribution in [0, 0.1) is 0 Å². The summed E-state index contributed by atoms with van der Waals surface area (Å²) in [5.41, 5.74) is -1.70. The monoisotopic (exact) mass is 392 g/mol. The summed E-state index contributed by atoms with van der Waals surface area (Å²) in [6, 6.07) is 8.30. The van der Waals surface area contributed by atoms with E-state index in [9.17, 15) is 26.3 Å². The van der Waals surface area contributed by atoms with Crippen molar-refractivity contribution in [2.75, 3.05) is 10.6 Å². The lowest BCUT2D eigenvalue weighted by molar-refractivity contribution is -0.143. The maximum Gasteiger partial charge on any atom is 0.416 e. The molecular weight excluding hydrogens is 378 g/mol. The summed E-state index contributed by atoms with van der Waals surface area (Å²) in [7, 11) is 0. The van der Waals surface area contributed by atoms with Crippen molar-refractivity contribution in [3.8, 4) is 0 Å². The van der Waals surface area contributed by atoms with E-state index in [0.29, 0.717) is 24.2 Å². The molecule has 0 fully saturated rings. The molecule has 0 aliphatic carbocycles. The molecule has 0 saturated heterocycles. The van der Waals surface area contributed by atoms with E-state index in [4.69, 9.17) is 12.2 Å². The van der Waals surface area contributed by atoms with Gasteiger partial charge in [-0.3, -0.25) is 0 Å². The van der Waals surface area contributed by atoms with Gasteiger partial charge in [0.1, 0.15) is 0 Å². The van der Waals surface area contributed by atoms with Crippen molar-refractivity contribution in [2.24, 2.45) is 0 Å². The summed E-state index contributed by atoms with van der Waals surface area (Å²) in [5, 5.41) is 5.06. The van der Waals surface area contributed by atoms with Gasteiger partial charge in [-0.1, -0.05) is 25.1 Å². The lowest BCUT2D eigenvalue weighted by Gasteiger charge is -2.17. The highest BCUT2D eigenvalue weighted by Gasteiger charge is 2.37. The average molecular weight is 392 g/mol. The first kappa shape index (κ1) is 20.0. The van der Waals surface area contributed by atoms with Gasteiger partial charge in [-0.15, -0.1) is 0 Å². The Bertz CT molecular complexity index is 766. The number of benzene rings is 2. The summed E-state index contributed by atoms with van der Waals surface area (Å²) >= 11 is 5.01. The molecule has 0 saturated carbocycles. The molecule has 0 atom stereocenters. The van der Waals surface area contributed by atoms with Gasteiger partial charge in [0.05, 0.1) is 11.1 Å². The Balaban J connectivity index is 2.29. The molecule has 2 aromatic carbocycles. The van der Waals surface area contributed by atoms with Gasteiger partial charge in [0.2, 0.25) is 0 Å². The molecule has 0 spiro atoms. The van der Waals surface area contributed by atoms with Gasteiger partial charge in [0, 0.05) is 11.4 Å². The fraction of sp³-hybridized carbons (Fsp3) is 0.235. The largest absolute Gasteiger partial charge is 0.416 e. The zero-order valence-corrected chi connectivity index (χ0v) is 14.2. The minimum Gasteiger partial charge on any atom is -0.332 e. The number of hydrogen-bond acceptors (Lipinski definition) is 1. The second kappa shape index (κ2) is 7.53. The second-order valence-electron chi connectivity index (χ2n) is 5.38. The average Bonchev–Trinajstić information content (AvgIpc) is 2.53. The van der Waals surface area contributed by atoms with Crippen LogP contribution in [0.15, 0.2) is 42.5 Å². The lowest BCUT2D eigenvalue weighted by atomic mass is 10.1. The predicted molar refractivity (Wildman–Crippen MR) is 92.1 cm³/mol. The van der Waals surface area contributed by atoms with Gasteiger partial charge in [0.15, 0.2) is 5.11 Å². The normalized spacial score (nSPS) is 12.0. The number of thiocarbonyl (C=S) groups is 1. The molecule has 0 unspecified atom stereocenters. The molecule has 9 heteroatoms. The number of para-hydroxylation sites is 1. The summed E-state index contributed by atoms with van der Waals surface area (Å²) in [4.78, 5) is 0. The zero-order chi connectivity index (χ0) is 19.5. The Morgan fingerprint density at radius 3 is 1.92 bits per heavy atom. The fourth-order valence-corrected chi connectivity index (χ4v) is 2.49. The maximum absolute atomic E-state index is 12.9. The number of anilines is 2. The van der Waals surface area contributed by atoms with E-state index in [1.807, 2.05) is 19.1 Å². The van der Waals surface area contributed by atoms with Crippen molar-refractivity contribution in [1.82, 2.24) is 0 Å². The molecule has 2 aromatic rings.